The zero-order valence-corrected chi connectivity index (χ0v) is 10.9. The number of aryl methyl sites for hydroxylation is 2. The molecule has 0 radical (unpaired) electrons. The van der Waals surface area contributed by atoms with Crippen molar-refractivity contribution in [3.8, 4) is 6.07 Å². The molecule has 0 spiro atoms. The second-order valence-corrected chi connectivity index (χ2v) is 4.14. The Morgan fingerprint density at radius 2 is 1.89 bits per heavy atom. The average Bonchev–Trinajstić information content (AvgIpc) is 2.38. The Hall–Kier alpha value is -2.61. The van der Waals surface area contributed by atoms with E-state index in [0.29, 0.717) is 17.5 Å². The van der Waals surface area contributed by atoms with Crippen LogP contribution in [0.15, 0.2) is 30.3 Å². The van der Waals surface area contributed by atoms with Gasteiger partial charge in [0.25, 0.3) is 0 Å². The zero-order chi connectivity index (χ0) is 13.7. The van der Waals surface area contributed by atoms with E-state index in [1.807, 2.05) is 44.2 Å². The number of nitrogens with one attached hydrogen (secondary N) is 2. The van der Waals surface area contributed by atoms with Gasteiger partial charge in [0.2, 0.25) is 0 Å². The largest absolute Gasteiger partial charge is 0.357 e. The van der Waals surface area contributed by atoms with Crippen LogP contribution in [0.1, 0.15) is 11.4 Å². The van der Waals surface area contributed by atoms with E-state index in [2.05, 4.69) is 20.6 Å². The van der Waals surface area contributed by atoms with Crippen molar-refractivity contribution < 1.29 is 0 Å². The molecular formula is C14H15N5. The third-order valence-electron chi connectivity index (χ3n) is 2.59. The SMILES string of the molecule is Cc1nc(NCC#N)cc(Nc2ccccc2C)n1. The van der Waals surface area contributed by atoms with Crippen LogP contribution in [0.2, 0.25) is 0 Å². The van der Waals surface area contributed by atoms with Crippen molar-refractivity contribution in [3.63, 3.8) is 0 Å². The summed E-state index contributed by atoms with van der Waals surface area (Å²) in [5.74, 6) is 2.01. The molecule has 0 aliphatic heterocycles. The summed E-state index contributed by atoms with van der Waals surface area (Å²) in [6.45, 7) is 4.08. The van der Waals surface area contributed by atoms with Crippen molar-refractivity contribution in [2.75, 3.05) is 17.2 Å². The predicted octanol–water partition coefficient (Wildman–Crippen LogP) is 2.77. The number of hydrogen-bond acceptors (Lipinski definition) is 5. The van der Waals surface area contributed by atoms with Crippen LogP contribution in [0.4, 0.5) is 17.3 Å². The lowest BCUT2D eigenvalue weighted by Gasteiger charge is -2.10. The van der Waals surface area contributed by atoms with Crippen LogP contribution in [-0.2, 0) is 0 Å². The summed E-state index contributed by atoms with van der Waals surface area (Å²) in [5, 5.41) is 14.7. The first-order valence-corrected chi connectivity index (χ1v) is 5.98. The summed E-state index contributed by atoms with van der Waals surface area (Å²) in [4.78, 5) is 8.56. The van der Waals surface area contributed by atoms with Gasteiger partial charge >= 0.3 is 0 Å². The van der Waals surface area contributed by atoms with Crippen LogP contribution in [0.25, 0.3) is 0 Å². The molecule has 0 bridgehead atoms. The monoisotopic (exact) mass is 253 g/mol. The van der Waals surface area contributed by atoms with E-state index in [-0.39, 0.29) is 6.54 Å². The van der Waals surface area contributed by atoms with E-state index < -0.39 is 0 Å². The van der Waals surface area contributed by atoms with Crippen molar-refractivity contribution in [1.29, 1.82) is 5.26 Å². The highest BCUT2D eigenvalue weighted by molar-refractivity contribution is 5.62. The molecule has 96 valence electrons. The number of anilines is 3. The molecule has 0 saturated carbocycles. The third-order valence-corrected chi connectivity index (χ3v) is 2.59. The molecule has 1 aromatic heterocycles. The molecule has 5 nitrogen and oxygen atoms in total. The summed E-state index contributed by atoms with van der Waals surface area (Å²) < 4.78 is 0. The maximum absolute atomic E-state index is 8.57. The maximum atomic E-state index is 8.57. The molecule has 1 heterocycles. The molecule has 19 heavy (non-hydrogen) atoms. The Morgan fingerprint density at radius 1 is 1.16 bits per heavy atom. The van der Waals surface area contributed by atoms with Gasteiger partial charge in [-0.1, -0.05) is 18.2 Å². The molecule has 2 N–H and O–H groups in total. The lowest BCUT2D eigenvalue weighted by molar-refractivity contribution is 1.05. The summed E-state index contributed by atoms with van der Waals surface area (Å²) in [7, 11) is 0. The highest BCUT2D eigenvalue weighted by Crippen LogP contribution is 2.20. The van der Waals surface area contributed by atoms with E-state index in [1.165, 1.54) is 0 Å². The van der Waals surface area contributed by atoms with Crippen LogP contribution < -0.4 is 10.6 Å². The lowest BCUT2D eigenvalue weighted by atomic mass is 10.2. The van der Waals surface area contributed by atoms with E-state index in [4.69, 9.17) is 5.26 Å². The topological polar surface area (TPSA) is 73.6 Å². The Kier molecular flexibility index (Phi) is 3.94. The number of rotatable bonds is 4. The van der Waals surface area contributed by atoms with Gasteiger partial charge in [0, 0.05) is 11.8 Å². The highest BCUT2D eigenvalue weighted by atomic mass is 15.1. The fraction of sp³-hybridized carbons (Fsp3) is 0.214. The molecule has 0 unspecified atom stereocenters. The standard InChI is InChI=1S/C14H15N5/c1-10-5-3-4-6-12(10)19-14-9-13(16-8-7-15)17-11(2)18-14/h3-6,9H,8H2,1-2H3,(H2,16,17,18,19). The van der Waals surface area contributed by atoms with Crippen LogP contribution in [0, 0.1) is 25.2 Å². The van der Waals surface area contributed by atoms with Crippen molar-refractivity contribution in [2.24, 2.45) is 0 Å². The molecule has 0 atom stereocenters. The molecule has 2 aromatic rings. The quantitative estimate of drug-likeness (QED) is 0.819. The molecule has 0 aliphatic rings. The number of para-hydroxylation sites is 1. The van der Waals surface area contributed by atoms with E-state index in [0.717, 1.165) is 11.3 Å². The van der Waals surface area contributed by atoms with Crippen molar-refractivity contribution >= 4 is 17.3 Å². The van der Waals surface area contributed by atoms with Gasteiger partial charge < -0.3 is 10.6 Å². The van der Waals surface area contributed by atoms with Crippen LogP contribution in [-0.4, -0.2) is 16.5 Å². The molecule has 1 aromatic carbocycles. The Labute approximate surface area is 112 Å². The summed E-state index contributed by atoms with van der Waals surface area (Å²) in [6.07, 6.45) is 0. The lowest BCUT2D eigenvalue weighted by Crippen LogP contribution is -2.05. The third kappa shape index (κ3) is 3.42. The molecular weight excluding hydrogens is 238 g/mol. The van der Waals surface area contributed by atoms with Gasteiger partial charge in [-0.3, -0.25) is 0 Å². The first kappa shape index (κ1) is 12.8. The Balaban J connectivity index is 2.23. The van der Waals surface area contributed by atoms with Crippen LogP contribution in [0.3, 0.4) is 0 Å². The van der Waals surface area contributed by atoms with Gasteiger partial charge in [-0.15, -0.1) is 0 Å². The average molecular weight is 253 g/mol. The summed E-state index contributed by atoms with van der Waals surface area (Å²) >= 11 is 0. The van der Waals surface area contributed by atoms with Gasteiger partial charge in [-0.25, -0.2) is 9.97 Å². The summed E-state index contributed by atoms with van der Waals surface area (Å²) in [6, 6.07) is 11.8. The number of nitriles is 1. The minimum absolute atomic E-state index is 0.222. The van der Waals surface area contributed by atoms with E-state index in [9.17, 15) is 0 Å². The Bertz CT molecular complexity index is 615. The normalized spacial score (nSPS) is 9.74. The fourth-order valence-corrected chi connectivity index (χ4v) is 1.70. The van der Waals surface area contributed by atoms with Gasteiger partial charge in [0.05, 0.1) is 6.07 Å². The zero-order valence-electron chi connectivity index (χ0n) is 10.9. The van der Waals surface area contributed by atoms with Gasteiger partial charge in [-0.2, -0.15) is 5.26 Å². The molecule has 2 rings (SSSR count). The molecule has 0 amide bonds. The minimum Gasteiger partial charge on any atom is -0.357 e. The first-order valence-electron chi connectivity index (χ1n) is 5.98. The second kappa shape index (κ2) is 5.83. The van der Waals surface area contributed by atoms with Gasteiger partial charge in [-0.05, 0) is 25.5 Å². The van der Waals surface area contributed by atoms with Gasteiger partial charge in [0.1, 0.15) is 24.0 Å². The van der Waals surface area contributed by atoms with Crippen molar-refractivity contribution in [3.05, 3.63) is 41.7 Å². The van der Waals surface area contributed by atoms with Crippen molar-refractivity contribution in [1.82, 2.24) is 9.97 Å². The highest BCUT2D eigenvalue weighted by Gasteiger charge is 2.03. The molecule has 0 saturated heterocycles. The minimum atomic E-state index is 0.222. The van der Waals surface area contributed by atoms with E-state index in [1.54, 1.807) is 6.07 Å². The maximum Gasteiger partial charge on any atom is 0.136 e. The van der Waals surface area contributed by atoms with Gasteiger partial charge in [0.15, 0.2) is 0 Å². The number of benzene rings is 1. The molecule has 5 heteroatoms. The number of nitrogens with zero attached hydrogens (tertiary/aromatic N) is 3. The summed E-state index contributed by atoms with van der Waals surface area (Å²) in [5.41, 5.74) is 2.15. The van der Waals surface area contributed by atoms with Crippen molar-refractivity contribution in [2.45, 2.75) is 13.8 Å². The van der Waals surface area contributed by atoms with E-state index >= 15 is 0 Å². The predicted molar refractivity (Wildman–Crippen MR) is 75.3 cm³/mol. The Morgan fingerprint density at radius 3 is 2.63 bits per heavy atom. The van der Waals surface area contributed by atoms with Crippen LogP contribution in [0.5, 0.6) is 0 Å². The molecule has 0 fully saturated rings. The molecule has 0 aliphatic carbocycles. The number of aromatic nitrogens is 2. The van der Waals surface area contributed by atoms with Crippen LogP contribution >= 0.6 is 0 Å². The fourth-order valence-electron chi connectivity index (χ4n) is 1.70. The first-order chi connectivity index (χ1) is 9.19. The smallest absolute Gasteiger partial charge is 0.136 e. The second-order valence-electron chi connectivity index (χ2n) is 4.14. The number of hydrogen-bond donors (Lipinski definition) is 2.